The molecular weight excluding hydrogens is 594 g/mol. The lowest BCUT2D eigenvalue weighted by Gasteiger charge is -2.42. The normalized spacial score (nSPS) is 16.6. The fraction of sp³-hybridized carbons (Fsp3) is 0.444. The first-order chi connectivity index (χ1) is 20.0. The van der Waals surface area contributed by atoms with E-state index in [9.17, 15) is 40.7 Å². The van der Waals surface area contributed by atoms with Crippen molar-refractivity contribution in [3.05, 3.63) is 52.6 Å². The molecule has 2 amide bonds. The van der Waals surface area contributed by atoms with Gasteiger partial charge in [0.15, 0.2) is 11.5 Å². The van der Waals surface area contributed by atoms with Gasteiger partial charge in [-0.3, -0.25) is 9.80 Å². The molecular formula is C27H28F6N2O8. The second-order valence-corrected chi connectivity index (χ2v) is 9.30. The van der Waals surface area contributed by atoms with Crippen LogP contribution in [0, 0.1) is 0 Å². The maximum atomic E-state index is 13.5. The second-order valence-electron chi connectivity index (χ2n) is 9.30. The minimum Gasteiger partial charge on any atom is -0.493 e. The number of anilines is 1. The molecule has 1 aliphatic heterocycles. The molecule has 0 radical (unpaired) electrons. The number of ether oxygens (including phenoxy) is 5. The highest BCUT2D eigenvalue weighted by atomic mass is 19.4. The Kier molecular flexibility index (Phi) is 9.92. The van der Waals surface area contributed by atoms with Gasteiger partial charge in [0.2, 0.25) is 0 Å². The summed E-state index contributed by atoms with van der Waals surface area (Å²) in [5.74, 6) is -0.247. The first-order valence-electron chi connectivity index (χ1n) is 12.6. The van der Waals surface area contributed by atoms with E-state index in [-0.39, 0.29) is 41.8 Å². The van der Waals surface area contributed by atoms with Crippen molar-refractivity contribution in [1.82, 2.24) is 4.90 Å². The number of hydrogen-bond acceptors (Lipinski definition) is 8. The molecule has 0 unspecified atom stereocenters. The molecule has 0 N–H and O–H groups in total. The molecule has 2 aromatic carbocycles. The van der Waals surface area contributed by atoms with Crippen molar-refractivity contribution in [1.29, 1.82) is 0 Å². The van der Waals surface area contributed by atoms with E-state index < -0.39 is 66.0 Å². The number of rotatable bonds is 6. The van der Waals surface area contributed by atoms with Crippen LogP contribution in [0.2, 0.25) is 0 Å². The third kappa shape index (κ3) is 7.35. The molecule has 0 saturated heterocycles. The van der Waals surface area contributed by atoms with Crippen molar-refractivity contribution in [3.63, 3.8) is 0 Å². The van der Waals surface area contributed by atoms with E-state index in [2.05, 4.69) is 4.74 Å². The van der Waals surface area contributed by atoms with Gasteiger partial charge >= 0.3 is 30.7 Å². The Morgan fingerprint density at radius 3 is 2.00 bits per heavy atom. The number of amides is 2. The standard InChI is InChI=1S/C27H28F6N2O8/c1-6-42-24(37)35-14(2)7-19(18-11-22(43-25(38)41-5)21(39-3)12-20(18)35)34(23(36)40-4)13-15-8-16(26(28,29)30)10-17(9-15)27(31,32)33/h8-12,14,19H,6-7,13H2,1-5H3/t14-,19+/m1/s1. The summed E-state index contributed by atoms with van der Waals surface area (Å²) in [6.45, 7) is 2.43. The van der Waals surface area contributed by atoms with E-state index in [1.807, 2.05) is 0 Å². The van der Waals surface area contributed by atoms with Gasteiger partial charge in [-0.15, -0.1) is 0 Å². The second kappa shape index (κ2) is 12.9. The number of halogens is 6. The van der Waals surface area contributed by atoms with Crippen LogP contribution in [0.5, 0.6) is 11.5 Å². The summed E-state index contributed by atoms with van der Waals surface area (Å²) in [4.78, 5) is 40.1. The first-order valence-corrected chi connectivity index (χ1v) is 12.6. The Hall–Kier alpha value is -4.37. The lowest BCUT2D eigenvalue weighted by molar-refractivity contribution is -0.143. The van der Waals surface area contributed by atoms with E-state index in [1.165, 1.54) is 24.1 Å². The monoisotopic (exact) mass is 622 g/mol. The topological polar surface area (TPSA) is 104 Å². The highest BCUT2D eigenvalue weighted by Crippen LogP contribution is 2.47. The number of benzene rings is 2. The Morgan fingerprint density at radius 1 is 0.907 bits per heavy atom. The summed E-state index contributed by atoms with van der Waals surface area (Å²) in [6.07, 6.45) is -13.3. The van der Waals surface area contributed by atoms with E-state index >= 15 is 0 Å². The minimum atomic E-state index is -5.12. The maximum absolute atomic E-state index is 13.5. The summed E-state index contributed by atoms with van der Waals surface area (Å²) < 4.78 is 106. The number of fused-ring (bicyclic) bond motifs is 1. The van der Waals surface area contributed by atoms with Gasteiger partial charge in [-0.25, -0.2) is 14.4 Å². The van der Waals surface area contributed by atoms with Gasteiger partial charge in [-0.1, -0.05) is 0 Å². The Bertz CT molecular complexity index is 1330. The van der Waals surface area contributed by atoms with E-state index in [1.54, 1.807) is 13.8 Å². The molecule has 0 aliphatic carbocycles. The third-order valence-electron chi connectivity index (χ3n) is 6.55. The van der Waals surface area contributed by atoms with E-state index in [0.29, 0.717) is 12.1 Å². The fourth-order valence-electron chi connectivity index (χ4n) is 4.70. The number of carbonyl (C=O) groups excluding carboxylic acids is 3. The van der Waals surface area contributed by atoms with Crippen LogP contribution >= 0.6 is 0 Å². The molecule has 0 aromatic heterocycles. The number of hydrogen-bond donors (Lipinski definition) is 0. The zero-order valence-corrected chi connectivity index (χ0v) is 23.6. The van der Waals surface area contributed by atoms with Crippen LogP contribution in [-0.4, -0.2) is 57.2 Å². The Morgan fingerprint density at radius 2 is 1.51 bits per heavy atom. The summed E-state index contributed by atoms with van der Waals surface area (Å²) >= 11 is 0. The van der Waals surface area contributed by atoms with Crippen LogP contribution in [0.3, 0.4) is 0 Å². The molecule has 2 aromatic rings. The number of carbonyl (C=O) groups is 3. The molecule has 16 heteroatoms. The Balaban J connectivity index is 2.24. The van der Waals surface area contributed by atoms with Gasteiger partial charge in [-0.2, -0.15) is 26.3 Å². The smallest absolute Gasteiger partial charge is 0.493 e. The quantitative estimate of drug-likeness (QED) is 0.148. The van der Waals surface area contributed by atoms with Gasteiger partial charge in [-0.05, 0) is 50.1 Å². The molecule has 0 bridgehead atoms. The van der Waals surface area contributed by atoms with Crippen LogP contribution in [0.4, 0.5) is 46.4 Å². The largest absolute Gasteiger partial charge is 0.513 e. The molecule has 1 heterocycles. The molecule has 0 spiro atoms. The first kappa shape index (κ1) is 33.1. The van der Waals surface area contributed by atoms with Gasteiger partial charge < -0.3 is 23.7 Å². The van der Waals surface area contributed by atoms with Gasteiger partial charge in [0.05, 0.1) is 50.8 Å². The Labute approximate surface area is 242 Å². The fourth-order valence-corrected chi connectivity index (χ4v) is 4.70. The SMILES string of the molecule is CCOC(=O)N1c2cc(OC)c(OC(=O)OC)cc2[C@@H](N(Cc2cc(C(F)(F)F)cc(C(F)(F)F)c2)C(=O)OC)C[C@H]1C. The van der Waals surface area contributed by atoms with Crippen LogP contribution in [0.1, 0.15) is 48.6 Å². The van der Waals surface area contributed by atoms with E-state index in [0.717, 1.165) is 19.1 Å². The van der Waals surface area contributed by atoms with Crippen molar-refractivity contribution in [2.24, 2.45) is 0 Å². The molecule has 0 saturated carbocycles. The zero-order chi connectivity index (χ0) is 32.3. The lowest BCUT2D eigenvalue weighted by atomic mass is 9.90. The van der Waals surface area contributed by atoms with Gasteiger partial charge in [0.1, 0.15) is 0 Å². The average Bonchev–Trinajstić information content (AvgIpc) is 2.93. The summed E-state index contributed by atoms with van der Waals surface area (Å²) in [7, 11) is 3.28. The molecule has 1 aliphatic rings. The minimum absolute atomic E-state index is 0.00680. The molecule has 3 rings (SSSR count). The molecule has 0 fully saturated rings. The van der Waals surface area contributed by atoms with Crippen LogP contribution in [0.15, 0.2) is 30.3 Å². The number of nitrogens with zero attached hydrogens (tertiary/aromatic N) is 2. The van der Waals surface area contributed by atoms with Crippen molar-refractivity contribution in [3.8, 4) is 11.5 Å². The van der Waals surface area contributed by atoms with Crippen LogP contribution in [0.25, 0.3) is 0 Å². The summed E-state index contributed by atoms with van der Waals surface area (Å²) in [6, 6.07) is 1.72. The van der Waals surface area contributed by atoms with Crippen molar-refractivity contribution in [2.75, 3.05) is 32.8 Å². The predicted molar refractivity (Wildman–Crippen MR) is 137 cm³/mol. The highest BCUT2D eigenvalue weighted by Gasteiger charge is 2.42. The molecule has 236 valence electrons. The summed E-state index contributed by atoms with van der Waals surface area (Å²) in [5, 5.41) is 0. The molecule has 10 nitrogen and oxygen atoms in total. The predicted octanol–water partition coefficient (Wildman–Crippen LogP) is 6.94. The molecule has 2 atom stereocenters. The van der Waals surface area contributed by atoms with Gasteiger partial charge in [0.25, 0.3) is 0 Å². The van der Waals surface area contributed by atoms with Crippen LogP contribution in [-0.2, 0) is 33.1 Å². The van der Waals surface area contributed by atoms with E-state index in [4.69, 9.17) is 18.9 Å². The van der Waals surface area contributed by atoms with Gasteiger partial charge in [0, 0.05) is 24.2 Å². The summed E-state index contributed by atoms with van der Waals surface area (Å²) in [5.41, 5.74) is -3.38. The highest BCUT2D eigenvalue weighted by molar-refractivity contribution is 5.91. The number of methoxy groups -OCH3 is 3. The maximum Gasteiger partial charge on any atom is 0.513 e. The number of alkyl halides is 6. The zero-order valence-electron chi connectivity index (χ0n) is 23.6. The average molecular weight is 623 g/mol. The van der Waals surface area contributed by atoms with Crippen LogP contribution < -0.4 is 14.4 Å². The third-order valence-corrected chi connectivity index (χ3v) is 6.55. The van der Waals surface area contributed by atoms with Crippen molar-refractivity contribution >= 4 is 24.0 Å². The van der Waals surface area contributed by atoms with Crippen molar-refractivity contribution < 1.29 is 64.4 Å². The van der Waals surface area contributed by atoms with Crippen molar-refractivity contribution in [2.45, 2.75) is 51.2 Å². The lowest BCUT2D eigenvalue weighted by Crippen LogP contribution is -2.47. The molecule has 43 heavy (non-hydrogen) atoms.